The summed E-state index contributed by atoms with van der Waals surface area (Å²) >= 11 is 0. The molecule has 1 fully saturated rings. The Hall–Kier alpha value is -3.70. The van der Waals surface area contributed by atoms with Gasteiger partial charge in [-0.15, -0.1) is 5.92 Å². The van der Waals surface area contributed by atoms with Gasteiger partial charge >= 0.3 is 0 Å². The van der Waals surface area contributed by atoms with Gasteiger partial charge in [-0.1, -0.05) is 25.0 Å². The Morgan fingerprint density at radius 2 is 1.89 bits per heavy atom. The summed E-state index contributed by atoms with van der Waals surface area (Å²) in [5.41, 5.74) is 6.43. The second-order valence-corrected chi connectivity index (χ2v) is 10.0. The summed E-state index contributed by atoms with van der Waals surface area (Å²) in [5, 5.41) is 4.84. The molecule has 3 aromatic heterocycles. The second kappa shape index (κ2) is 9.98. The number of piperazine rings is 1. The van der Waals surface area contributed by atoms with Gasteiger partial charge in [0.05, 0.1) is 45.9 Å². The van der Waals surface area contributed by atoms with Crippen LogP contribution >= 0.6 is 0 Å². The van der Waals surface area contributed by atoms with Crippen LogP contribution in [0.3, 0.4) is 0 Å². The first-order chi connectivity index (χ1) is 17.8. The topological polar surface area (TPSA) is 72.1 Å². The maximum Gasteiger partial charge on any atom is 0.252 e. The Kier molecular flexibility index (Phi) is 6.74. The summed E-state index contributed by atoms with van der Waals surface area (Å²) in [4.78, 5) is 27.7. The molecule has 5 rings (SSSR count). The van der Waals surface area contributed by atoms with E-state index in [2.05, 4.69) is 49.3 Å². The number of benzene rings is 1. The number of nitrogens with zero attached hydrogens (tertiary/aromatic N) is 7. The van der Waals surface area contributed by atoms with Crippen LogP contribution in [0.4, 0.5) is 5.69 Å². The molecule has 1 aromatic carbocycles. The number of para-hydroxylation sites is 2. The second-order valence-electron chi connectivity index (χ2n) is 10.0. The van der Waals surface area contributed by atoms with Crippen molar-refractivity contribution in [2.24, 2.45) is 7.05 Å². The van der Waals surface area contributed by atoms with Gasteiger partial charge in [0.15, 0.2) is 0 Å². The molecule has 192 valence electrons. The van der Waals surface area contributed by atoms with Crippen LogP contribution in [0, 0.1) is 18.8 Å². The van der Waals surface area contributed by atoms with E-state index in [0.29, 0.717) is 12.6 Å². The van der Waals surface area contributed by atoms with E-state index in [1.54, 1.807) is 17.7 Å². The third kappa shape index (κ3) is 4.49. The molecular formula is C29H35N7O. The van der Waals surface area contributed by atoms with Crippen molar-refractivity contribution in [2.75, 3.05) is 18.0 Å². The molecule has 0 N–H and O–H groups in total. The van der Waals surface area contributed by atoms with Gasteiger partial charge in [0.2, 0.25) is 0 Å². The van der Waals surface area contributed by atoms with Crippen LogP contribution in [-0.2, 0) is 13.6 Å². The van der Waals surface area contributed by atoms with Gasteiger partial charge in [-0.05, 0) is 46.2 Å². The van der Waals surface area contributed by atoms with Crippen molar-refractivity contribution in [3.63, 3.8) is 0 Å². The molecule has 0 amide bonds. The molecular weight excluding hydrogens is 462 g/mol. The maximum absolute atomic E-state index is 12.9. The van der Waals surface area contributed by atoms with Crippen molar-refractivity contribution >= 4 is 27.8 Å². The standard InChI is InChI=1S/C29H35N7O/c1-7-9-14-34-18-26-29(32-34)25(15-27(37)33(26)6)35-17-22(8-2)36(16-19(35)3)21(5)28-20(4)30-23-12-10-11-13-24(23)31-28/h10-13,15,18-19,21-22H,8,14,16-17H2,1-6H3/t19-,21?,22+/m0/s1. The minimum atomic E-state index is -0.0262. The normalized spacial score (nSPS) is 19.2. The van der Waals surface area contributed by atoms with Crippen molar-refractivity contribution in [3.8, 4) is 11.8 Å². The lowest BCUT2D eigenvalue weighted by atomic mass is 9.99. The highest BCUT2D eigenvalue weighted by atomic mass is 16.1. The van der Waals surface area contributed by atoms with Crippen molar-refractivity contribution < 1.29 is 0 Å². The molecule has 1 aliphatic rings. The van der Waals surface area contributed by atoms with Gasteiger partial charge in [0, 0.05) is 38.3 Å². The van der Waals surface area contributed by atoms with Gasteiger partial charge in [-0.2, -0.15) is 5.10 Å². The number of fused-ring (bicyclic) bond motifs is 2. The third-order valence-electron chi connectivity index (χ3n) is 7.69. The van der Waals surface area contributed by atoms with Gasteiger partial charge in [-0.3, -0.25) is 14.4 Å². The number of rotatable bonds is 5. The van der Waals surface area contributed by atoms with E-state index in [0.717, 1.165) is 58.7 Å². The molecule has 1 aliphatic heterocycles. The highest BCUT2D eigenvalue weighted by molar-refractivity contribution is 5.88. The van der Waals surface area contributed by atoms with E-state index >= 15 is 0 Å². The smallest absolute Gasteiger partial charge is 0.252 e. The highest BCUT2D eigenvalue weighted by Crippen LogP contribution is 2.34. The summed E-state index contributed by atoms with van der Waals surface area (Å²) in [5.74, 6) is 5.99. The minimum Gasteiger partial charge on any atom is -0.364 e. The Balaban J connectivity index is 1.49. The zero-order valence-electron chi connectivity index (χ0n) is 22.6. The fraction of sp³-hybridized carbons (Fsp3) is 0.448. The summed E-state index contributed by atoms with van der Waals surface area (Å²) in [6.45, 7) is 12.7. The minimum absolute atomic E-state index is 0.0262. The molecule has 37 heavy (non-hydrogen) atoms. The van der Waals surface area contributed by atoms with Gasteiger partial charge < -0.3 is 9.47 Å². The molecule has 4 aromatic rings. The molecule has 1 saturated heterocycles. The monoisotopic (exact) mass is 497 g/mol. The Morgan fingerprint density at radius 3 is 2.59 bits per heavy atom. The molecule has 0 radical (unpaired) electrons. The molecule has 0 saturated carbocycles. The Morgan fingerprint density at radius 1 is 1.16 bits per heavy atom. The molecule has 0 spiro atoms. The fourth-order valence-electron chi connectivity index (χ4n) is 5.59. The summed E-state index contributed by atoms with van der Waals surface area (Å²) < 4.78 is 3.49. The summed E-state index contributed by atoms with van der Waals surface area (Å²) in [6.07, 6.45) is 2.91. The number of anilines is 1. The molecule has 8 nitrogen and oxygen atoms in total. The number of aryl methyl sites for hydroxylation is 2. The lowest BCUT2D eigenvalue weighted by Crippen LogP contribution is -2.58. The first kappa shape index (κ1) is 25.0. The number of aromatic nitrogens is 5. The van der Waals surface area contributed by atoms with E-state index in [4.69, 9.17) is 15.1 Å². The molecule has 3 atom stereocenters. The van der Waals surface area contributed by atoms with Gasteiger partial charge in [-0.25, -0.2) is 9.97 Å². The quantitative estimate of drug-likeness (QED) is 0.387. The largest absolute Gasteiger partial charge is 0.364 e. The average Bonchev–Trinajstić information content (AvgIpc) is 3.33. The zero-order valence-corrected chi connectivity index (χ0v) is 22.6. The zero-order chi connectivity index (χ0) is 26.3. The first-order valence-corrected chi connectivity index (χ1v) is 13.0. The van der Waals surface area contributed by atoms with Crippen LogP contribution in [0.25, 0.3) is 22.1 Å². The molecule has 1 unspecified atom stereocenters. The van der Waals surface area contributed by atoms with Crippen LogP contribution in [0.15, 0.2) is 41.3 Å². The first-order valence-electron chi connectivity index (χ1n) is 13.0. The van der Waals surface area contributed by atoms with Crippen LogP contribution in [0.2, 0.25) is 0 Å². The Labute approximate surface area is 217 Å². The predicted molar refractivity (Wildman–Crippen MR) is 149 cm³/mol. The van der Waals surface area contributed by atoms with E-state index in [1.165, 1.54) is 0 Å². The third-order valence-corrected chi connectivity index (χ3v) is 7.69. The molecule has 4 heterocycles. The Bertz CT molecular complexity index is 1570. The van der Waals surface area contributed by atoms with E-state index in [-0.39, 0.29) is 17.6 Å². The summed E-state index contributed by atoms with van der Waals surface area (Å²) in [6, 6.07) is 10.4. The maximum atomic E-state index is 12.9. The highest BCUT2D eigenvalue weighted by Gasteiger charge is 2.36. The van der Waals surface area contributed by atoms with Crippen LogP contribution in [0.5, 0.6) is 0 Å². The molecule has 0 bridgehead atoms. The van der Waals surface area contributed by atoms with Crippen LogP contribution in [0.1, 0.15) is 51.5 Å². The number of pyridine rings is 1. The van der Waals surface area contributed by atoms with Crippen molar-refractivity contribution in [2.45, 2.75) is 65.7 Å². The van der Waals surface area contributed by atoms with E-state index in [1.807, 2.05) is 42.1 Å². The summed E-state index contributed by atoms with van der Waals surface area (Å²) in [7, 11) is 1.80. The van der Waals surface area contributed by atoms with Crippen molar-refractivity contribution in [3.05, 3.63) is 58.3 Å². The molecule has 8 heteroatoms. The average molecular weight is 498 g/mol. The lowest BCUT2D eigenvalue weighted by Gasteiger charge is -2.48. The SMILES string of the molecule is CC#CCn1cc2c(n1)c(N1C[C@@H](CC)N(C(C)c3nc4ccccc4nc3C)C[C@@H]1C)cc(=O)n2C. The van der Waals surface area contributed by atoms with Crippen molar-refractivity contribution in [1.82, 2.24) is 29.2 Å². The van der Waals surface area contributed by atoms with Crippen molar-refractivity contribution in [1.29, 1.82) is 0 Å². The van der Waals surface area contributed by atoms with Crippen LogP contribution < -0.4 is 10.5 Å². The van der Waals surface area contributed by atoms with E-state index in [9.17, 15) is 4.79 Å². The fourth-order valence-corrected chi connectivity index (χ4v) is 5.59. The van der Waals surface area contributed by atoms with Gasteiger partial charge in [0.25, 0.3) is 5.56 Å². The van der Waals surface area contributed by atoms with E-state index < -0.39 is 0 Å². The predicted octanol–water partition coefficient (Wildman–Crippen LogP) is 4.06. The lowest BCUT2D eigenvalue weighted by molar-refractivity contribution is 0.103. The number of hydrogen-bond acceptors (Lipinski definition) is 6. The molecule has 0 aliphatic carbocycles. The van der Waals surface area contributed by atoms with Crippen LogP contribution in [-0.4, -0.2) is 54.4 Å². The van der Waals surface area contributed by atoms with Gasteiger partial charge in [0.1, 0.15) is 12.1 Å². The number of hydrogen-bond donors (Lipinski definition) is 0.